The van der Waals surface area contributed by atoms with E-state index in [-0.39, 0.29) is 0 Å². The first kappa shape index (κ1) is 14.1. The van der Waals surface area contributed by atoms with Crippen LogP contribution in [0.3, 0.4) is 0 Å². The van der Waals surface area contributed by atoms with Gasteiger partial charge in [-0.1, -0.05) is 42.6 Å². The van der Waals surface area contributed by atoms with Crippen molar-refractivity contribution in [3.05, 3.63) is 20.3 Å². The predicted molar refractivity (Wildman–Crippen MR) is 84.2 cm³/mol. The lowest BCUT2D eigenvalue weighted by molar-refractivity contribution is 0.137. The van der Waals surface area contributed by atoms with Crippen LogP contribution in [0.1, 0.15) is 54.1 Å². The van der Waals surface area contributed by atoms with Gasteiger partial charge in [0.2, 0.25) is 0 Å². The topological polar surface area (TPSA) is 0 Å². The third-order valence-corrected chi connectivity index (χ3v) is 7.48. The third-order valence-electron chi connectivity index (χ3n) is 4.03. The van der Waals surface area contributed by atoms with E-state index in [1.807, 2.05) is 11.3 Å². The molecule has 1 saturated carbocycles. The zero-order chi connectivity index (χ0) is 12.6. The van der Waals surface area contributed by atoms with Gasteiger partial charge in [0.25, 0.3) is 0 Å². The summed E-state index contributed by atoms with van der Waals surface area (Å²) in [6, 6.07) is 2.24. The summed E-state index contributed by atoms with van der Waals surface area (Å²) in [7, 11) is 0. The Kier molecular flexibility index (Phi) is 4.42. The molecule has 1 aliphatic rings. The van der Waals surface area contributed by atoms with Crippen LogP contribution in [0, 0.1) is 18.3 Å². The Labute approximate surface area is 125 Å². The number of halogens is 2. The third kappa shape index (κ3) is 2.98. The van der Waals surface area contributed by atoms with Crippen LogP contribution in [0.2, 0.25) is 0 Å². The van der Waals surface area contributed by atoms with Crippen LogP contribution in [0.25, 0.3) is 0 Å². The number of aryl methyl sites for hydroxylation is 1. The van der Waals surface area contributed by atoms with Gasteiger partial charge in [-0.25, -0.2) is 0 Å². The second kappa shape index (κ2) is 5.34. The number of alkyl halides is 1. The Morgan fingerprint density at radius 1 is 1.41 bits per heavy atom. The van der Waals surface area contributed by atoms with Gasteiger partial charge < -0.3 is 0 Å². The largest absolute Gasteiger partial charge is 0.143 e. The highest BCUT2D eigenvalue weighted by Crippen LogP contribution is 2.52. The number of hydrogen-bond acceptors (Lipinski definition) is 1. The van der Waals surface area contributed by atoms with Crippen LogP contribution in [0.15, 0.2) is 10.5 Å². The Balaban J connectivity index is 2.24. The molecule has 2 rings (SSSR count). The van der Waals surface area contributed by atoms with Gasteiger partial charge >= 0.3 is 0 Å². The molecule has 1 fully saturated rings. The summed E-state index contributed by atoms with van der Waals surface area (Å²) < 4.78 is 1.28. The Morgan fingerprint density at radius 2 is 2.12 bits per heavy atom. The Hall–Kier alpha value is 0.660. The molecule has 1 aliphatic carbocycles. The van der Waals surface area contributed by atoms with E-state index in [1.165, 1.54) is 39.9 Å². The zero-order valence-electron chi connectivity index (χ0n) is 10.7. The lowest BCUT2D eigenvalue weighted by atomic mass is 9.67. The number of rotatable bonds is 2. The van der Waals surface area contributed by atoms with Gasteiger partial charge in [-0.15, -0.1) is 11.3 Å². The fraction of sp³-hybridized carbons (Fsp3) is 0.714. The van der Waals surface area contributed by atoms with E-state index < -0.39 is 0 Å². The molecule has 3 heteroatoms. The van der Waals surface area contributed by atoms with E-state index in [4.69, 9.17) is 0 Å². The molecule has 0 radical (unpaired) electrons. The fourth-order valence-electron chi connectivity index (χ4n) is 2.94. The molecule has 1 aromatic heterocycles. The highest BCUT2D eigenvalue weighted by atomic mass is 79.9. The molecule has 0 N–H and O–H groups in total. The second-order valence-corrected chi connectivity index (χ2v) is 8.94. The van der Waals surface area contributed by atoms with Crippen molar-refractivity contribution < 1.29 is 0 Å². The van der Waals surface area contributed by atoms with Crippen LogP contribution in [0.4, 0.5) is 0 Å². The average molecular weight is 380 g/mol. The zero-order valence-corrected chi connectivity index (χ0v) is 14.7. The van der Waals surface area contributed by atoms with E-state index in [2.05, 4.69) is 58.7 Å². The summed E-state index contributed by atoms with van der Waals surface area (Å²) in [6.07, 6.45) is 5.50. The monoisotopic (exact) mass is 378 g/mol. The summed E-state index contributed by atoms with van der Waals surface area (Å²) in [6.45, 7) is 7.05. The molecule has 96 valence electrons. The molecule has 17 heavy (non-hydrogen) atoms. The van der Waals surface area contributed by atoms with Gasteiger partial charge in [-0.05, 0) is 53.1 Å². The van der Waals surface area contributed by atoms with Gasteiger partial charge in [0.05, 0.1) is 4.83 Å². The van der Waals surface area contributed by atoms with Gasteiger partial charge in [-0.2, -0.15) is 0 Å². The second-order valence-electron chi connectivity index (χ2n) is 5.81. The van der Waals surface area contributed by atoms with Gasteiger partial charge in [0, 0.05) is 14.2 Å². The normalized spacial score (nSPS) is 25.8. The minimum atomic E-state index is 0.462. The van der Waals surface area contributed by atoms with Crippen LogP contribution in [0.5, 0.6) is 0 Å². The SMILES string of the molecule is Cc1cc(Br)c(C(Br)C2CCCCC2(C)C)s1. The summed E-state index contributed by atoms with van der Waals surface area (Å²) in [5.41, 5.74) is 0.462. The van der Waals surface area contributed by atoms with E-state index in [0.29, 0.717) is 10.2 Å². The first-order valence-electron chi connectivity index (χ1n) is 6.32. The van der Waals surface area contributed by atoms with Crippen molar-refractivity contribution in [2.24, 2.45) is 11.3 Å². The average Bonchev–Trinajstić information content (AvgIpc) is 2.56. The van der Waals surface area contributed by atoms with E-state index in [1.54, 1.807) is 0 Å². The molecular weight excluding hydrogens is 360 g/mol. The van der Waals surface area contributed by atoms with Gasteiger partial charge in [0.15, 0.2) is 0 Å². The summed E-state index contributed by atoms with van der Waals surface area (Å²) in [4.78, 5) is 3.37. The quantitative estimate of drug-likeness (QED) is 0.516. The molecule has 0 aromatic carbocycles. The minimum absolute atomic E-state index is 0.462. The maximum atomic E-state index is 3.97. The van der Waals surface area contributed by atoms with Crippen molar-refractivity contribution in [3.63, 3.8) is 0 Å². The molecular formula is C14H20Br2S. The van der Waals surface area contributed by atoms with Crippen molar-refractivity contribution in [2.45, 2.75) is 51.3 Å². The highest BCUT2D eigenvalue weighted by Gasteiger charge is 2.38. The first-order valence-corrected chi connectivity index (χ1v) is 8.84. The van der Waals surface area contributed by atoms with Crippen LogP contribution >= 0.6 is 43.2 Å². The summed E-state index contributed by atoms with van der Waals surface area (Å²) in [5.74, 6) is 0.755. The molecule has 2 unspecified atom stereocenters. The maximum Gasteiger partial charge on any atom is 0.0533 e. The van der Waals surface area contributed by atoms with Crippen molar-refractivity contribution >= 4 is 43.2 Å². The minimum Gasteiger partial charge on any atom is -0.143 e. The molecule has 0 spiro atoms. The van der Waals surface area contributed by atoms with Crippen LogP contribution in [-0.2, 0) is 0 Å². The maximum absolute atomic E-state index is 3.97. The Bertz CT molecular complexity index is 395. The lowest BCUT2D eigenvalue weighted by Gasteiger charge is -2.41. The molecule has 0 bridgehead atoms. The first-order chi connectivity index (χ1) is 7.92. The molecule has 1 aromatic rings. The van der Waals surface area contributed by atoms with E-state index in [9.17, 15) is 0 Å². The van der Waals surface area contributed by atoms with Crippen LogP contribution < -0.4 is 0 Å². The molecule has 2 atom stereocenters. The molecule has 0 nitrogen and oxygen atoms in total. The van der Waals surface area contributed by atoms with Crippen molar-refractivity contribution in [3.8, 4) is 0 Å². The fourth-order valence-corrected chi connectivity index (χ4v) is 6.69. The number of thiophene rings is 1. The molecule has 0 aliphatic heterocycles. The highest BCUT2D eigenvalue weighted by molar-refractivity contribution is 9.11. The van der Waals surface area contributed by atoms with E-state index >= 15 is 0 Å². The van der Waals surface area contributed by atoms with Crippen LogP contribution in [-0.4, -0.2) is 0 Å². The molecule has 1 heterocycles. The molecule has 0 saturated heterocycles. The Morgan fingerprint density at radius 3 is 2.65 bits per heavy atom. The predicted octanol–water partition coefficient (Wildman–Crippen LogP) is 6.47. The number of hydrogen-bond donors (Lipinski definition) is 0. The van der Waals surface area contributed by atoms with E-state index in [0.717, 1.165) is 5.92 Å². The van der Waals surface area contributed by atoms with Gasteiger partial charge in [0.1, 0.15) is 0 Å². The smallest absolute Gasteiger partial charge is 0.0533 e. The van der Waals surface area contributed by atoms with Crippen molar-refractivity contribution in [1.29, 1.82) is 0 Å². The van der Waals surface area contributed by atoms with Gasteiger partial charge in [-0.3, -0.25) is 0 Å². The lowest BCUT2D eigenvalue weighted by Crippen LogP contribution is -2.30. The van der Waals surface area contributed by atoms with Crippen molar-refractivity contribution in [2.75, 3.05) is 0 Å². The standard InChI is InChI=1S/C14H20Br2S/c1-9-8-11(15)13(17-9)12(16)10-6-4-5-7-14(10,2)3/h8,10,12H,4-7H2,1-3H3. The summed E-state index contributed by atoms with van der Waals surface area (Å²) >= 11 is 9.59. The molecule has 0 amide bonds. The van der Waals surface area contributed by atoms with Crippen molar-refractivity contribution in [1.82, 2.24) is 0 Å². The summed E-state index contributed by atoms with van der Waals surface area (Å²) in [5, 5.41) is 0.